The minimum absolute atomic E-state index is 0.0736. The number of unbranched alkanes of at least 4 members (excludes halogenated alkanes) is 1. The molecule has 2 rings (SSSR count). The zero-order chi connectivity index (χ0) is 15.1. The van der Waals surface area contributed by atoms with Crippen molar-refractivity contribution in [3.63, 3.8) is 0 Å². The predicted octanol–water partition coefficient (Wildman–Crippen LogP) is 2.15. The van der Waals surface area contributed by atoms with Gasteiger partial charge < -0.3 is 14.2 Å². The number of hydrogen-bond acceptors (Lipinski definition) is 5. The molecule has 1 aromatic heterocycles. The van der Waals surface area contributed by atoms with E-state index in [9.17, 15) is 4.79 Å². The first kappa shape index (κ1) is 15.9. The topological polar surface area (TPSA) is 68.5 Å². The second-order valence-corrected chi connectivity index (χ2v) is 5.44. The molecule has 118 valence electrons. The number of nitrogens with zero attached hydrogens (tertiary/aromatic N) is 3. The lowest BCUT2D eigenvalue weighted by Gasteiger charge is -2.30. The minimum atomic E-state index is 0.0736. The van der Waals surface area contributed by atoms with E-state index >= 15 is 0 Å². The van der Waals surface area contributed by atoms with Crippen molar-refractivity contribution in [3.05, 3.63) is 11.7 Å². The van der Waals surface area contributed by atoms with Gasteiger partial charge in [0.15, 0.2) is 5.82 Å². The van der Waals surface area contributed by atoms with E-state index in [4.69, 9.17) is 9.26 Å². The van der Waals surface area contributed by atoms with Gasteiger partial charge in [0.1, 0.15) is 6.61 Å². The van der Waals surface area contributed by atoms with Crippen LogP contribution in [0.3, 0.4) is 0 Å². The average Bonchev–Trinajstić information content (AvgIpc) is 2.99. The molecule has 0 radical (unpaired) electrons. The predicted molar refractivity (Wildman–Crippen MR) is 78.0 cm³/mol. The van der Waals surface area contributed by atoms with Crippen LogP contribution in [0.25, 0.3) is 0 Å². The number of amides is 1. The normalized spacial score (nSPS) is 16.4. The van der Waals surface area contributed by atoms with Crippen molar-refractivity contribution in [2.75, 3.05) is 26.3 Å². The van der Waals surface area contributed by atoms with Crippen LogP contribution >= 0.6 is 0 Å². The highest BCUT2D eigenvalue weighted by Crippen LogP contribution is 2.26. The average molecular weight is 295 g/mol. The smallest absolute Gasteiger partial charge is 0.248 e. The summed E-state index contributed by atoms with van der Waals surface area (Å²) < 4.78 is 10.5. The van der Waals surface area contributed by atoms with Gasteiger partial charge in [-0.1, -0.05) is 18.5 Å². The van der Waals surface area contributed by atoms with Crippen LogP contribution in [0.2, 0.25) is 0 Å². The van der Waals surface area contributed by atoms with Crippen LogP contribution in [0.15, 0.2) is 4.52 Å². The minimum Gasteiger partial charge on any atom is -0.372 e. The summed E-state index contributed by atoms with van der Waals surface area (Å²) in [5.74, 6) is 1.90. The summed E-state index contributed by atoms with van der Waals surface area (Å²) in [4.78, 5) is 18.2. The van der Waals surface area contributed by atoms with Crippen molar-refractivity contribution < 1.29 is 14.1 Å². The largest absolute Gasteiger partial charge is 0.372 e. The maximum absolute atomic E-state index is 11.9. The molecule has 0 aliphatic carbocycles. The second kappa shape index (κ2) is 8.12. The van der Waals surface area contributed by atoms with Gasteiger partial charge in [-0.15, -0.1) is 0 Å². The fraction of sp³-hybridized carbons (Fsp3) is 0.800. The lowest BCUT2D eigenvalue weighted by molar-refractivity contribution is -0.137. The summed E-state index contributed by atoms with van der Waals surface area (Å²) in [6.45, 7) is 6.28. The summed E-state index contributed by atoms with van der Waals surface area (Å²) in [7, 11) is 0. The third-order valence-electron chi connectivity index (χ3n) is 3.86. The number of rotatable bonds is 7. The maximum atomic E-state index is 11.9. The van der Waals surface area contributed by atoms with E-state index in [-0.39, 0.29) is 18.4 Å². The molecule has 6 nitrogen and oxygen atoms in total. The van der Waals surface area contributed by atoms with Gasteiger partial charge in [-0.25, -0.2) is 0 Å². The van der Waals surface area contributed by atoms with E-state index in [0.29, 0.717) is 6.61 Å². The highest BCUT2D eigenvalue weighted by molar-refractivity contribution is 5.77. The molecule has 0 bridgehead atoms. The number of aromatic nitrogens is 2. The van der Waals surface area contributed by atoms with Crippen molar-refractivity contribution >= 4 is 5.91 Å². The number of ether oxygens (including phenoxy) is 1. The summed E-state index contributed by atoms with van der Waals surface area (Å²) in [6, 6.07) is 0. The summed E-state index contributed by atoms with van der Waals surface area (Å²) in [5.41, 5.74) is 0. The number of carbonyl (C=O) groups excluding carboxylic acids is 1. The van der Waals surface area contributed by atoms with Crippen LogP contribution < -0.4 is 0 Å². The Morgan fingerprint density at radius 1 is 1.38 bits per heavy atom. The lowest BCUT2D eigenvalue weighted by Crippen LogP contribution is -2.40. The molecule has 2 heterocycles. The summed E-state index contributed by atoms with van der Waals surface area (Å²) >= 11 is 0. The Balaban J connectivity index is 1.80. The van der Waals surface area contributed by atoms with Crippen LogP contribution in [0, 0.1) is 0 Å². The lowest BCUT2D eigenvalue weighted by atomic mass is 9.97. The van der Waals surface area contributed by atoms with E-state index in [0.717, 1.165) is 56.9 Å². The van der Waals surface area contributed by atoms with Gasteiger partial charge in [-0.05, 0) is 26.2 Å². The Morgan fingerprint density at radius 2 is 2.14 bits per heavy atom. The van der Waals surface area contributed by atoms with Crippen molar-refractivity contribution in [2.24, 2.45) is 0 Å². The summed E-state index contributed by atoms with van der Waals surface area (Å²) in [5, 5.41) is 4.04. The molecule has 1 amide bonds. The molecule has 0 N–H and O–H groups in total. The van der Waals surface area contributed by atoms with Crippen LogP contribution in [-0.2, 0) is 16.0 Å². The van der Waals surface area contributed by atoms with Gasteiger partial charge in [0, 0.05) is 32.0 Å². The first-order valence-corrected chi connectivity index (χ1v) is 7.92. The fourth-order valence-electron chi connectivity index (χ4n) is 2.53. The molecule has 1 aliphatic rings. The SMILES string of the molecule is CCCCc1noc(C2CCN(C(=O)COCC)CC2)n1. The van der Waals surface area contributed by atoms with Gasteiger partial charge in [-0.2, -0.15) is 4.98 Å². The van der Waals surface area contributed by atoms with Crippen LogP contribution in [0.1, 0.15) is 57.2 Å². The van der Waals surface area contributed by atoms with E-state index in [2.05, 4.69) is 17.1 Å². The molecule has 1 aromatic rings. The number of aryl methyl sites for hydroxylation is 1. The van der Waals surface area contributed by atoms with Crippen molar-refractivity contribution in [1.29, 1.82) is 0 Å². The standard InChI is InChI=1S/C15H25N3O3/c1-3-5-6-13-16-15(21-17-13)12-7-9-18(10-8-12)14(19)11-20-4-2/h12H,3-11H2,1-2H3. The highest BCUT2D eigenvalue weighted by atomic mass is 16.5. The van der Waals surface area contributed by atoms with Crippen molar-refractivity contribution in [1.82, 2.24) is 15.0 Å². The molecule has 21 heavy (non-hydrogen) atoms. The first-order valence-electron chi connectivity index (χ1n) is 7.92. The Morgan fingerprint density at radius 3 is 2.81 bits per heavy atom. The molecule has 0 unspecified atom stereocenters. The van der Waals surface area contributed by atoms with E-state index in [1.165, 1.54) is 0 Å². The van der Waals surface area contributed by atoms with Gasteiger partial charge in [0.05, 0.1) is 0 Å². The molecule has 1 fully saturated rings. The van der Waals surface area contributed by atoms with Crippen molar-refractivity contribution in [2.45, 2.75) is 51.9 Å². The van der Waals surface area contributed by atoms with Crippen LogP contribution in [0.5, 0.6) is 0 Å². The number of piperidine rings is 1. The molecular weight excluding hydrogens is 270 g/mol. The van der Waals surface area contributed by atoms with Gasteiger partial charge in [-0.3, -0.25) is 4.79 Å². The maximum Gasteiger partial charge on any atom is 0.248 e. The number of hydrogen-bond donors (Lipinski definition) is 0. The number of carbonyl (C=O) groups is 1. The Bertz CT molecular complexity index is 439. The quantitative estimate of drug-likeness (QED) is 0.771. The third kappa shape index (κ3) is 4.52. The highest BCUT2D eigenvalue weighted by Gasteiger charge is 2.27. The Kier molecular flexibility index (Phi) is 6.17. The molecule has 0 atom stereocenters. The Labute approximate surface area is 125 Å². The fourth-order valence-corrected chi connectivity index (χ4v) is 2.53. The molecule has 1 saturated heterocycles. The molecular formula is C15H25N3O3. The van der Waals surface area contributed by atoms with E-state index in [1.807, 2.05) is 11.8 Å². The molecule has 0 spiro atoms. The molecule has 1 aliphatic heterocycles. The van der Waals surface area contributed by atoms with Crippen molar-refractivity contribution in [3.8, 4) is 0 Å². The van der Waals surface area contributed by atoms with E-state index in [1.54, 1.807) is 0 Å². The zero-order valence-electron chi connectivity index (χ0n) is 13.0. The van der Waals surface area contributed by atoms with Gasteiger partial charge >= 0.3 is 0 Å². The monoisotopic (exact) mass is 295 g/mol. The third-order valence-corrected chi connectivity index (χ3v) is 3.86. The molecule has 0 saturated carbocycles. The zero-order valence-corrected chi connectivity index (χ0v) is 13.0. The molecule has 6 heteroatoms. The summed E-state index contributed by atoms with van der Waals surface area (Å²) in [6.07, 6.45) is 4.86. The van der Waals surface area contributed by atoms with Gasteiger partial charge in [0.2, 0.25) is 11.8 Å². The van der Waals surface area contributed by atoms with Crippen LogP contribution in [-0.4, -0.2) is 47.3 Å². The first-order chi connectivity index (χ1) is 10.2. The van der Waals surface area contributed by atoms with Gasteiger partial charge in [0.25, 0.3) is 0 Å². The van der Waals surface area contributed by atoms with E-state index < -0.39 is 0 Å². The number of likely N-dealkylation sites (tertiary alicyclic amines) is 1. The van der Waals surface area contributed by atoms with Crippen LogP contribution in [0.4, 0.5) is 0 Å². The second-order valence-electron chi connectivity index (χ2n) is 5.44. The Hall–Kier alpha value is -1.43. The molecule has 0 aromatic carbocycles.